The van der Waals surface area contributed by atoms with Crippen LogP contribution in [0.2, 0.25) is 10.0 Å². The second-order valence-electron chi connectivity index (χ2n) is 10.6. The SMILES string of the molecule is CC(c1ccc(-c2nnnn2C)cc1)N1C[C@@H](C(=O)O)n2nc3c(c2C1=O)CN(C(=O)c1ccc(Cl)c(Cl)c1)[C@H](C)C3. The standard InChI is InChI=1S/C28H26Cl2N8O4/c1-14-10-22-19(12-36(14)26(39)18-8-9-20(29)21(30)11-18)24-27(40)37(13-23(28(41)42)38(24)32-22)15(2)16-4-6-17(7-5-16)25-31-33-34-35(25)3/h4-9,11,14-15,23H,10,12-13H2,1-3H3,(H,41,42)/t14-,15?,23+/m1/s1. The molecule has 0 fully saturated rings. The maximum atomic E-state index is 14.0. The van der Waals surface area contributed by atoms with E-state index >= 15 is 0 Å². The van der Waals surface area contributed by atoms with E-state index in [1.54, 1.807) is 33.7 Å². The van der Waals surface area contributed by atoms with Crippen LogP contribution in [-0.4, -0.2) is 75.3 Å². The highest BCUT2D eigenvalue weighted by Gasteiger charge is 2.43. The normalized spacial score (nSPS) is 18.9. The van der Waals surface area contributed by atoms with Gasteiger partial charge in [0.25, 0.3) is 11.8 Å². The number of tetrazole rings is 1. The molecule has 4 heterocycles. The van der Waals surface area contributed by atoms with Crippen LogP contribution in [-0.2, 0) is 24.8 Å². The van der Waals surface area contributed by atoms with E-state index in [0.717, 1.165) is 11.1 Å². The molecular weight excluding hydrogens is 583 g/mol. The molecule has 0 saturated heterocycles. The first-order valence-corrected chi connectivity index (χ1v) is 14.0. The fourth-order valence-electron chi connectivity index (χ4n) is 5.65. The summed E-state index contributed by atoms with van der Waals surface area (Å²) < 4.78 is 2.88. The zero-order valence-corrected chi connectivity index (χ0v) is 24.4. The van der Waals surface area contributed by atoms with Gasteiger partial charge in [0.05, 0.1) is 34.9 Å². The molecule has 14 heteroatoms. The van der Waals surface area contributed by atoms with Crippen LogP contribution in [0, 0.1) is 0 Å². The number of benzene rings is 2. The third-order valence-electron chi connectivity index (χ3n) is 8.02. The van der Waals surface area contributed by atoms with E-state index in [4.69, 9.17) is 23.2 Å². The number of fused-ring (bicyclic) bond motifs is 3. The Labute approximate surface area is 250 Å². The number of aliphatic carboxylic acids is 1. The van der Waals surface area contributed by atoms with Gasteiger partial charge in [0, 0.05) is 36.2 Å². The molecule has 42 heavy (non-hydrogen) atoms. The Morgan fingerprint density at radius 3 is 2.48 bits per heavy atom. The summed E-state index contributed by atoms with van der Waals surface area (Å²) in [5.41, 5.74) is 3.35. The maximum Gasteiger partial charge on any atom is 0.330 e. The first kappa shape index (κ1) is 27.9. The summed E-state index contributed by atoms with van der Waals surface area (Å²) in [6.07, 6.45) is 0.371. The summed E-state index contributed by atoms with van der Waals surface area (Å²) in [5, 5.41) is 26.9. The molecule has 0 saturated carbocycles. The lowest BCUT2D eigenvalue weighted by Gasteiger charge is -2.37. The summed E-state index contributed by atoms with van der Waals surface area (Å²) in [6, 6.07) is 10.4. The average molecular weight is 609 g/mol. The molecule has 2 aliphatic heterocycles. The minimum absolute atomic E-state index is 0.0562. The van der Waals surface area contributed by atoms with E-state index < -0.39 is 18.1 Å². The Morgan fingerprint density at radius 1 is 1.10 bits per heavy atom. The molecule has 1 N–H and O–H groups in total. The molecule has 2 amide bonds. The van der Waals surface area contributed by atoms with Crippen molar-refractivity contribution in [2.75, 3.05) is 6.54 Å². The number of hydrogen-bond donors (Lipinski definition) is 1. The van der Waals surface area contributed by atoms with Crippen LogP contribution in [0.25, 0.3) is 11.4 Å². The van der Waals surface area contributed by atoms with Crippen molar-refractivity contribution in [3.63, 3.8) is 0 Å². The average Bonchev–Trinajstić information content (AvgIpc) is 3.56. The minimum Gasteiger partial charge on any atom is -0.480 e. The predicted octanol–water partition coefficient (Wildman–Crippen LogP) is 3.81. The molecule has 12 nitrogen and oxygen atoms in total. The highest BCUT2D eigenvalue weighted by atomic mass is 35.5. The fourth-order valence-corrected chi connectivity index (χ4v) is 5.94. The number of aromatic nitrogens is 6. The lowest BCUT2D eigenvalue weighted by molar-refractivity contribution is -0.142. The van der Waals surface area contributed by atoms with Crippen LogP contribution < -0.4 is 0 Å². The third kappa shape index (κ3) is 4.60. The van der Waals surface area contributed by atoms with Crippen LogP contribution in [0.15, 0.2) is 42.5 Å². The zero-order chi connectivity index (χ0) is 29.9. The molecule has 216 valence electrons. The Bertz CT molecular complexity index is 1730. The number of amides is 2. The minimum atomic E-state index is -1.09. The largest absolute Gasteiger partial charge is 0.480 e. The fraction of sp³-hybridized carbons (Fsp3) is 0.321. The van der Waals surface area contributed by atoms with Gasteiger partial charge in [-0.2, -0.15) is 5.10 Å². The summed E-state index contributed by atoms with van der Waals surface area (Å²) in [6.45, 7) is 3.80. The van der Waals surface area contributed by atoms with E-state index in [2.05, 4.69) is 20.6 Å². The van der Waals surface area contributed by atoms with E-state index in [-0.39, 0.29) is 41.7 Å². The third-order valence-corrected chi connectivity index (χ3v) is 8.76. The molecule has 2 aliphatic rings. The number of aryl methyl sites for hydroxylation is 1. The molecule has 2 aromatic carbocycles. The number of carboxylic acids is 1. The number of carboxylic acid groups (broad SMARTS) is 1. The molecule has 2 aromatic heterocycles. The lowest BCUT2D eigenvalue weighted by Crippen LogP contribution is -2.47. The van der Waals surface area contributed by atoms with Crippen molar-refractivity contribution in [3.8, 4) is 11.4 Å². The molecule has 1 unspecified atom stereocenters. The molecule has 6 rings (SSSR count). The highest BCUT2D eigenvalue weighted by Crippen LogP contribution is 2.36. The highest BCUT2D eigenvalue weighted by molar-refractivity contribution is 6.42. The molecule has 0 aliphatic carbocycles. The van der Waals surface area contributed by atoms with Gasteiger partial charge in [-0.05, 0) is 48.0 Å². The monoisotopic (exact) mass is 608 g/mol. The van der Waals surface area contributed by atoms with Gasteiger partial charge < -0.3 is 14.9 Å². The van der Waals surface area contributed by atoms with Crippen molar-refractivity contribution in [2.24, 2.45) is 7.05 Å². The van der Waals surface area contributed by atoms with Gasteiger partial charge in [0.2, 0.25) is 0 Å². The summed E-state index contributed by atoms with van der Waals surface area (Å²) in [4.78, 5) is 43.2. The topological polar surface area (TPSA) is 139 Å². The van der Waals surface area contributed by atoms with E-state index in [9.17, 15) is 19.5 Å². The van der Waals surface area contributed by atoms with Gasteiger partial charge in [-0.15, -0.1) is 5.10 Å². The molecule has 0 bridgehead atoms. The van der Waals surface area contributed by atoms with Crippen molar-refractivity contribution in [3.05, 3.63) is 80.6 Å². The number of carbonyl (C=O) groups excluding carboxylic acids is 2. The Balaban J connectivity index is 1.33. The van der Waals surface area contributed by atoms with Crippen LogP contribution in [0.4, 0.5) is 0 Å². The van der Waals surface area contributed by atoms with Crippen molar-refractivity contribution in [2.45, 2.75) is 44.9 Å². The van der Waals surface area contributed by atoms with Crippen LogP contribution >= 0.6 is 23.2 Å². The van der Waals surface area contributed by atoms with E-state index in [1.807, 2.05) is 38.1 Å². The van der Waals surface area contributed by atoms with E-state index in [0.29, 0.717) is 34.1 Å². The molecule has 0 radical (unpaired) electrons. The van der Waals surface area contributed by atoms with Crippen LogP contribution in [0.1, 0.15) is 63.6 Å². The number of hydrogen-bond acceptors (Lipinski definition) is 7. The van der Waals surface area contributed by atoms with Gasteiger partial charge in [-0.25, -0.2) is 14.2 Å². The van der Waals surface area contributed by atoms with E-state index in [1.165, 1.54) is 10.7 Å². The predicted molar refractivity (Wildman–Crippen MR) is 152 cm³/mol. The zero-order valence-electron chi connectivity index (χ0n) is 22.9. The summed E-state index contributed by atoms with van der Waals surface area (Å²) in [7, 11) is 1.74. The Kier molecular flexibility index (Phi) is 6.98. The number of nitrogens with zero attached hydrogens (tertiary/aromatic N) is 8. The van der Waals surface area contributed by atoms with Gasteiger partial charge in [-0.1, -0.05) is 47.5 Å². The van der Waals surface area contributed by atoms with Crippen molar-refractivity contribution in [1.82, 2.24) is 39.8 Å². The first-order valence-electron chi connectivity index (χ1n) is 13.3. The van der Waals surface area contributed by atoms with Gasteiger partial charge in [0.15, 0.2) is 11.9 Å². The summed E-state index contributed by atoms with van der Waals surface area (Å²) >= 11 is 12.2. The summed E-state index contributed by atoms with van der Waals surface area (Å²) in [5.74, 6) is -1.11. The number of carbonyl (C=O) groups is 3. The molecule has 4 aromatic rings. The van der Waals surface area contributed by atoms with Gasteiger partial charge in [-0.3, -0.25) is 9.59 Å². The van der Waals surface area contributed by atoms with Crippen LogP contribution in [0.5, 0.6) is 0 Å². The van der Waals surface area contributed by atoms with Crippen molar-refractivity contribution >= 4 is 41.0 Å². The molecule has 3 atom stereocenters. The second kappa shape index (κ2) is 10.5. The smallest absolute Gasteiger partial charge is 0.330 e. The van der Waals surface area contributed by atoms with Gasteiger partial charge >= 0.3 is 5.97 Å². The van der Waals surface area contributed by atoms with Crippen LogP contribution in [0.3, 0.4) is 0 Å². The van der Waals surface area contributed by atoms with Crippen molar-refractivity contribution in [1.29, 1.82) is 0 Å². The number of halogens is 2. The quantitative estimate of drug-likeness (QED) is 0.361. The Hall–Kier alpha value is -4.29. The number of rotatable bonds is 5. The first-order chi connectivity index (χ1) is 20.0. The van der Waals surface area contributed by atoms with Crippen molar-refractivity contribution < 1.29 is 19.5 Å². The molecule has 0 spiro atoms. The Morgan fingerprint density at radius 2 is 1.83 bits per heavy atom. The molecular formula is C28H26Cl2N8O4. The van der Waals surface area contributed by atoms with Gasteiger partial charge in [0.1, 0.15) is 5.69 Å². The maximum absolute atomic E-state index is 14.0. The lowest BCUT2D eigenvalue weighted by atomic mass is 9.96. The second-order valence-corrected chi connectivity index (χ2v) is 11.4.